The quantitative estimate of drug-likeness (QED) is 0.646. The van der Waals surface area contributed by atoms with Gasteiger partial charge in [0.1, 0.15) is 17.4 Å². The number of aliphatic hydroxyl groups is 1. The number of ether oxygens (including phenoxy) is 2. The van der Waals surface area contributed by atoms with Crippen LogP contribution in [-0.4, -0.2) is 35.4 Å². The lowest BCUT2D eigenvalue weighted by molar-refractivity contribution is 0.0938. The van der Waals surface area contributed by atoms with E-state index in [-0.39, 0.29) is 17.9 Å². The van der Waals surface area contributed by atoms with Crippen molar-refractivity contribution < 1.29 is 23.9 Å². The fraction of sp³-hybridized carbons (Fsp3) is 0.250. The molecule has 0 saturated heterocycles. The largest absolute Gasteiger partial charge is 0.493 e. The molecule has 2 aromatic heterocycles. The molecule has 8 nitrogen and oxygen atoms in total. The molecule has 2 N–H and O–H groups in total. The molecule has 8 heteroatoms. The van der Waals surface area contributed by atoms with Crippen molar-refractivity contribution in [3.63, 3.8) is 0 Å². The molecular weight excluding hydrogens is 362 g/mol. The summed E-state index contributed by atoms with van der Waals surface area (Å²) in [7, 11) is 3.06. The standard InChI is InChI=1S/C20H21N3O5/c1-12(24)19-17(20(25)22-11-13-5-4-8-21-10-13)18(23-28-19)14-6-7-15(26-2)16(9-14)27-3/h4-10,12,24H,11H2,1-3H3,(H,22,25)/t12-/m0/s1. The maximum Gasteiger partial charge on any atom is 0.257 e. The number of aromatic nitrogens is 2. The van der Waals surface area contributed by atoms with Gasteiger partial charge < -0.3 is 24.4 Å². The summed E-state index contributed by atoms with van der Waals surface area (Å²) in [5.41, 5.74) is 1.92. The number of carbonyl (C=O) groups excluding carboxylic acids is 1. The van der Waals surface area contributed by atoms with Gasteiger partial charge in [-0.1, -0.05) is 11.2 Å². The fourth-order valence-electron chi connectivity index (χ4n) is 2.76. The number of aliphatic hydroxyl groups excluding tert-OH is 1. The summed E-state index contributed by atoms with van der Waals surface area (Å²) in [6, 6.07) is 8.79. The van der Waals surface area contributed by atoms with Crippen molar-refractivity contribution in [3.8, 4) is 22.8 Å². The van der Waals surface area contributed by atoms with Crippen LogP contribution >= 0.6 is 0 Å². The van der Waals surface area contributed by atoms with Crippen LogP contribution in [0.1, 0.15) is 34.7 Å². The van der Waals surface area contributed by atoms with E-state index in [1.54, 1.807) is 36.7 Å². The zero-order valence-electron chi connectivity index (χ0n) is 15.8. The Kier molecular flexibility index (Phi) is 5.90. The highest BCUT2D eigenvalue weighted by atomic mass is 16.5. The third kappa shape index (κ3) is 3.96. The summed E-state index contributed by atoms with van der Waals surface area (Å²) >= 11 is 0. The molecule has 0 aliphatic heterocycles. The van der Waals surface area contributed by atoms with E-state index in [1.165, 1.54) is 21.1 Å². The lowest BCUT2D eigenvalue weighted by atomic mass is 10.0. The summed E-state index contributed by atoms with van der Waals surface area (Å²) in [5, 5.41) is 16.8. The second kappa shape index (κ2) is 8.53. The van der Waals surface area contributed by atoms with Crippen LogP contribution in [0.4, 0.5) is 0 Å². The summed E-state index contributed by atoms with van der Waals surface area (Å²) in [5.74, 6) is 0.718. The Hall–Kier alpha value is -3.39. The van der Waals surface area contributed by atoms with Crippen LogP contribution in [0.15, 0.2) is 47.2 Å². The van der Waals surface area contributed by atoms with Crippen LogP contribution in [0.25, 0.3) is 11.3 Å². The molecule has 0 radical (unpaired) electrons. The van der Waals surface area contributed by atoms with Crippen LogP contribution in [-0.2, 0) is 6.54 Å². The average molecular weight is 383 g/mol. The van der Waals surface area contributed by atoms with Crippen LogP contribution in [0, 0.1) is 0 Å². The Morgan fingerprint density at radius 2 is 2.04 bits per heavy atom. The highest BCUT2D eigenvalue weighted by Gasteiger charge is 2.27. The van der Waals surface area contributed by atoms with Crippen molar-refractivity contribution in [2.24, 2.45) is 0 Å². The van der Waals surface area contributed by atoms with Gasteiger partial charge in [-0.15, -0.1) is 0 Å². The molecule has 146 valence electrons. The van der Waals surface area contributed by atoms with Gasteiger partial charge in [-0.25, -0.2) is 0 Å². The van der Waals surface area contributed by atoms with Crippen LogP contribution in [0.2, 0.25) is 0 Å². The average Bonchev–Trinajstić information content (AvgIpc) is 3.17. The Labute approximate surface area is 162 Å². The molecule has 28 heavy (non-hydrogen) atoms. The van der Waals surface area contributed by atoms with Gasteiger partial charge in [0.05, 0.1) is 14.2 Å². The minimum Gasteiger partial charge on any atom is -0.493 e. The number of rotatable bonds is 7. The van der Waals surface area contributed by atoms with E-state index in [0.29, 0.717) is 22.8 Å². The molecule has 3 aromatic rings. The van der Waals surface area contributed by atoms with Gasteiger partial charge in [0.2, 0.25) is 0 Å². The topological polar surface area (TPSA) is 107 Å². The molecule has 0 aliphatic carbocycles. The van der Waals surface area contributed by atoms with E-state index in [9.17, 15) is 9.90 Å². The molecule has 0 saturated carbocycles. The number of methoxy groups -OCH3 is 2. The van der Waals surface area contributed by atoms with Crippen molar-refractivity contribution in [2.45, 2.75) is 19.6 Å². The fourth-order valence-corrected chi connectivity index (χ4v) is 2.76. The van der Waals surface area contributed by atoms with Gasteiger partial charge in [0, 0.05) is 24.5 Å². The summed E-state index contributed by atoms with van der Waals surface area (Å²) in [6.45, 7) is 1.79. The van der Waals surface area contributed by atoms with E-state index >= 15 is 0 Å². The molecule has 0 bridgehead atoms. The van der Waals surface area contributed by atoms with E-state index < -0.39 is 12.0 Å². The van der Waals surface area contributed by atoms with Gasteiger partial charge in [0.15, 0.2) is 17.3 Å². The minimum absolute atomic E-state index is 0.0912. The van der Waals surface area contributed by atoms with Gasteiger partial charge in [-0.3, -0.25) is 9.78 Å². The Bertz CT molecular complexity index is 954. The SMILES string of the molecule is COc1ccc(-c2noc([C@H](C)O)c2C(=O)NCc2cccnc2)cc1OC. The van der Waals surface area contributed by atoms with Crippen molar-refractivity contribution in [1.82, 2.24) is 15.5 Å². The molecule has 0 unspecified atom stereocenters. The second-order valence-electron chi connectivity index (χ2n) is 6.06. The third-order valence-electron chi connectivity index (χ3n) is 4.16. The molecule has 0 spiro atoms. The Morgan fingerprint density at radius 3 is 2.68 bits per heavy atom. The predicted molar refractivity (Wildman–Crippen MR) is 101 cm³/mol. The smallest absolute Gasteiger partial charge is 0.257 e. The summed E-state index contributed by atoms with van der Waals surface area (Å²) in [4.78, 5) is 16.9. The lowest BCUT2D eigenvalue weighted by Crippen LogP contribution is -2.24. The molecule has 1 aromatic carbocycles. The van der Waals surface area contributed by atoms with Crippen molar-refractivity contribution in [1.29, 1.82) is 0 Å². The Balaban J connectivity index is 1.96. The molecule has 2 heterocycles. The summed E-state index contributed by atoms with van der Waals surface area (Å²) < 4.78 is 15.8. The number of hydrogen-bond acceptors (Lipinski definition) is 7. The zero-order valence-corrected chi connectivity index (χ0v) is 15.8. The molecular formula is C20H21N3O5. The first-order valence-electron chi connectivity index (χ1n) is 8.62. The van der Waals surface area contributed by atoms with Crippen molar-refractivity contribution >= 4 is 5.91 Å². The monoisotopic (exact) mass is 383 g/mol. The molecule has 1 atom stereocenters. The van der Waals surface area contributed by atoms with Crippen LogP contribution < -0.4 is 14.8 Å². The minimum atomic E-state index is -1.000. The molecule has 0 aliphatic rings. The van der Waals surface area contributed by atoms with Gasteiger partial charge in [0.25, 0.3) is 5.91 Å². The molecule has 3 rings (SSSR count). The number of amides is 1. The number of nitrogens with one attached hydrogen (secondary N) is 1. The number of nitrogens with zero attached hydrogens (tertiary/aromatic N) is 2. The van der Waals surface area contributed by atoms with E-state index in [0.717, 1.165) is 5.56 Å². The van der Waals surface area contributed by atoms with Gasteiger partial charge in [-0.05, 0) is 36.8 Å². The van der Waals surface area contributed by atoms with E-state index in [4.69, 9.17) is 14.0 Å². The number of benzene rings is 1. The predicted octanol–water partition coefficient (Wildman–Crippen LogP) is 2.74. The number of carbonyl (C=O) groups is 1. The van der Waals surface area contributed by atoms with Gasteiger partial charge >= 0.3 is 0 Å². The molecule has 0 fully saturated rings. The lowest BCUT2D eigenvalue weighted by Gasteiger charge is -2.10. The van der Waals surface area contributed by atoms with E-state index in [1.807, 2.05) is 6.07 Å². The second-order valence-corrected chi connectivity index (χ2v) is 6.06. The summed E-state index contributed by atoms with van der Waals surface area (Å²) in [6.07, 6.45) is 2.32. The maximum absolute atomic E-state index is 12.9. The Morgan fingerprint density at radius 1 is 1.25 bits per heavy atom. The maximum atomic E-state index is 12.9. The highest BCUT2D eigenvalue weighted by molar-refractivity contribution is 6.01. The van der Waals surface area contributed by atoms with Crippen LogP contribution in [0.3, 0.4) is 0 Å². The number of pyridine rings is 1. The first-order chi connectivity index (χ1) is 13.5. The first-order valence-corrected chi connectivity index (χ1v) is 8.62. The first kappa shape index (κ1) is 19.4. The highest BCUT2D eigenvalue weighted by Crippen LogP contribution is 2.35. The van der Waals surface area contributed by atoms with Gasteiger partial charge in [-0.2, -0.15) is 0 Å². The van der Waals surface area contributed by atoms with Crippen LogP contribution in [0.5, 0.6) is 11.5 Å². The van der Waals surface area contributed by atoms with E-state index in [2.05, 4.69) is 15.5 Å². The van der Waals surface area contributed by atoms with Crippen molar-refractivity contribution in [3.05, 3.63) is 59.6 Å². The number of hydrogen-bond donors (Lipinski definition) is 2. The normalized spacial score (nSPS) is 11.7. The zero-order chi connectivity index (χ0) is 20.1. The third-order valence-corrected chi connectivity index (χ3v) is 4.16. The van der Waals surface area contributed by atoms with Crippen molar-refractivity contribution in [2.75, 3.05) is 14.2 Å². The molecule has 1 amide bonds.